The summed E-state index contributed by atoms with van der Waals surface area (Å²) in [4.78, 5) is 23.4. The molecule has 1 fully saturated rings. The minimum atomic E-state index is -0.562. The highest BCUT2D eigenvalue weighted by Crippen LogP contribution is 2.40. The molecule has 6 aromatic rings. The number of nitrogens with zero attached hydrogens (tertiary/aromatic N) is 4. The summed E-state index contributed by atoms with van der Waals surface area (Å²) in [5.74, 6) is 0.114. The van der Waals surface area contributed by atoms with Crippen molar-refractivity contribution in [2.75, 3.05) is 39.9 Å². The molecule has 0 unspecified atom stereocenters. The average molecular weight is 649 g/mol. The average Bonchev–Trinajstić information content (AvgIpc) is 3.64. The molecule has 49 heavy (non-hydrogen) atoms. The maximum Gasteiger partial charge on any atom is 0.254 e. The van der Waals surface area contributed by atoms with Crippen LogP contribution in [0.5, 0.6) is 0 Å². The number of carbonyl (C=O) groups is 1. The zero-order valence-electron chi connectivity index (χ0n) is 28.2. The molecule has 0 radical (unpaired) electrons. The number of aryl methyl sites for hydroxylation is 1. The van der Waals surface area contributed by atoms with Gasteiger partial charge in [-0.25, -0.2) is 4.98 Å². The SMILES string of the molecule is COCC[C@H]1CN(C(=O)c2cccc3ccccc23)CCN1CCCc1cn(C(c2ccccc2)(c2ccccc2)c2ccccc2)cn1. The lowest BCUT2D eigenvalue weighted by Gasteiger charge is -2.41. The highest BCUT2D eigenvalue weighted by atomic mass is 16.5. The predicted octanol–water partition coefficient (Wildman–Crippen LogP) is 7.67. The molecule has 1 atom stereocenters. The van der Waals surface area contributed by atoms with Crippen LogP contribution >= 0.6 is 0 Å². The van der Waals surface area contributed by atoms with E-state index in [9.17, 15) is 4.79 Å². The van der Waals surface area contributed by atoms with Gasteiger partial charge < -0.3 is 14.2 Å². The molecule has 1 aliphatic heterocycles. The second kappa shape index (κ2) is 15.0. The Morgan fingerprint density at radius 2 is 1.39 bits per heavy atom. The number of rotatable bonds is 12. The fraction of sp³-hybridized carbons (Fsp3) is 0.256. The predicted molar refractivity (Wildman–Crippen MR) is 197 cm³/mol. The molecule has 1 aliphatic rings. The summed E-state index contributed by atoms with van der Waals surface area (Å²) in [5, 5.41) is 2.11. The van der Waals surface area contributed by atoms with Gasteiger partial charge in [0.1, 0.15) is 5.54 Å². The fourth-order valence-corrected chi connectivity index (χ4v) is 7.61. The monoisotopic (exact) mass is 648 g/mol. The highest BCUT2D eigenvalue weighted by Gasteiger charge is 2.38. The van der Waals surface area contributed by atoms with E-state index in [1.807, 2.05) is 41.6 Å². The molecule has 0 bridgehead atoms. The smallest absolute Gasteiger partial charge is 0.254 e. The van der Waals surface area contributed by atoms with Gasteiger partial charge >= 0.3 is 0 Å². The van der Waals surface area contributed by atoms with Gasteiger partial charge in [-0.15, -0.1) is 0 Å². The molecule has 1 aromatic heterocycles. The first kappa shape index (κ1) is 32.5. The van der Waals surface area contributed by atoms with E-state index in [4.69, 9.17) is 9.72 Å². The molecule has 0 N–H and O–H groups in total. The number of imidazole rings is 1. The molecule has 2 heterocycles. The van der Waals surface area contributed by atoms with Crippen molar-refractivity contribution in [1.29, 1.82) is 0 Å². The number of carbonyl (C=O) groups excluding carboxylic acids is 1. The van der Waals surface area contributed by atoms with Gasteiger partial charge in [0.15, 0.2) is 0 Å². The van der Waals surface area contributed by atoms with E-state index in [1.54, 1.807) is 7.11 Å². The molecule has 7 rings (SSSR count). The second-order valence-corrected chi connectivity index (χ2v) is 12.9. The number of hydrogen-bond acceptors (Lipinski definition) is 4. The number of piperazine rings is 1. The number of aromatic nitrogens is 2. The Morgan fingerprint density at radius 1 is 0.776 bits per heavy atom. The Labute approximate surface area is 289 Å². The van der Waals surface area contributed by atoms with Crippen molar-refractivity contribution in [3.05, 3.63) is 174 Å². The third kappa shape index (κ3) is 6.67. The molecule has 0 spiro atoms. The Morgan fingerprint density at radius 3 is 2.04 bits per heavy atom. The van der Waals surface area contributed by atoms with E-state index in [1.165, 1.54) is 16.7 Å². The van der Waals surface area contributed by atoms with Crippen LogP contribution in [0.25, 0.3) is 10.8 Å². The zero-order chi connectivity index (χ0) is 33.5. The van der Waals surface area contributed by atoms with Crippen molar-refractivity contribution >= 4 is 16.7 Å². The summed E-state index contributed by atoms with van der Waals surface area (Å²) in [5.41, 5.74) is 4.86. The fourth-order valence-electron chi connectivity index (χ4n) is 7.61. The third-order valence-corrected chi connectivity index (χ3v) is 10.0. The summed E-state index contributed by atoms with van der Waals surface area (Å²) in [7, 11) is 1.75. The van der Waals surface area contributed by atoms with Crippen molar-refractivity contribution < 1.29 is 9.53 Å². The highest BCUT2D eigenvalue weighted by molar-refractivity contribution is 6.07. The number of ether oxygens (including phenoxy) is 1. The lowest BCUT2D eigenvalue weighted by atomic mass is 9.77. The zero-order valence-corrected chi connectivity index (χ0v) is 28.2. The Balaban J connectivity index is 1.08. The first-order chi connectivity index (χ1) is 24.2. The molecular formula is C43H44N4O2. The standard InChI is InChI=1S/C43H44N4O2/c1-49-30-26-39-32-46(42(48)41-25-13-16-34-15-11-12-24-40(34)41)29-28-45(39)27-14-23-38-31-47(33-44-38)43(35-17-5-2-6-18-35,36-19-7-3-8-20-36)37-21-9-4-10-22-37/h2-13,15-22,24-25,31,33,39H,14,23,26-30,32H2,1H3/t39-/m0/s1. The molecule has 6 heteroatoms. The van der Waals surface area contributed by atoms with Crippen molar-refractivity contribution in [2.45, 2.75) is 30.8 Å². The van der Waals surface area contributed by atoms with Crippen LogP contribution < -0.4 is 0 Å². The summed E-state index contributed by atoms with van der Waals surface area (Å²) in [6, 6.07) is 46.6. The van der Waals surface area contributed by atoms with Crippen LogP contribution in [0.3, 0.4) is 0 Å². The molecule has 248 valence electrons. The molecule has 6 nitrogen and oxygen atoms in total. The number of fused-ring (bicyclic) bond motifs is 1. The molecule has 0 aliphatic carbocycles. The van der Waals surface area contributed by atoms with E-state index in [-0.39, 0.29) is 11.9 Å². The summed E-state index contributed by atoms with van der Waals surface area (Å²) < 4.78 is 7.80. The minimum Gasteiger partial charge on any atom is -0.385 e. The number of amides is 1. The molecule has 1 saturated heterocycles. The first-order valence-electron chi connectivity index (χ1n) is 17.4. The van der Waals surface area contributed by atoms with Crippen molar-refractivity contribution in [1.82, 2.24) is 19.4 Å². The normalized spacial score (nSPS) is 15.4. The van der Waals surface area contributed by atoms with Gasteiger partial charge in [0, 0.05) is 51.2 Å². The molecule has 0 saturated carbocycles. The van der Waals surface area contributed by atoms with Crippen molar-refractivity contribution in [3.8, 4) is 0 Å². The van der Waals surface area contributed by atoms with E-state index < -0.39 is 5.54 Å². The largest absolute Gasteiger partial charge is 0.385 e. The Bertz CT molecular complexity index is 1860. The lowest BCUT2D eigenvalue weighted by Crippen LogP contribution is -2.55. The van der Waals surface area contributed by atoms with Gasteiger partial charge in [0.25, 0.3) is 5.91 Å². The summed E-state index contributed by atoms with van der Waals surface area (Å²) in [6.07, 6.45) is 6.97. The van der Waals surface area contributed by atoms with Gasteiger partial charge in [-0.1, -0.05) is 127 Å². The first-order valence-corrected chi connectivity index (χ1v) is 17.4. The van der Waals surface area contributed by atoms with E-state index >= 15 is 0 Å². The van der Waals surface area contributed by atoms with Gasteiger partial charge in [0.05, 0.1) is 12.0 Å². The van der Waals surface area contributed by atoms with E-state index in [0.717, 1.165) is 54.4 Å². The topological polar surface area (TPSA) is 50.6 Å². The quantitative estimate of drug-likeness (QED) is 0.128. The molecule has 1 amide bonds. The number of methoxy groups -OCH3 is 1. The maximum atomic E-state index is 13.8. The number of benzene rings is 5. The molecular weight excluding hydrogens is 604 g/mol. The molecule has 5 aromatic carbocycles. The van der Waals surface area contributed by atoms with Crippen LogP contribution in [0.15, 0.2) is 146 Å². The van der Waals surface area contributed by atoms with E-state index in [0.29, 0.717) is 19.7 Å². The van der Waals surface area contributed by atoms with Crippen LogP contribution in [-0.4, -0.2) is 71.2 Å². The van der Waals surface area contributed by atoms with E-state index in [2.05, 4.69) is 119 Å². The second-order valence-electron chi connectivity index (χ2n) is 12.9. The summed E-state index contributed by atoms with van der Waals surface area (Å²) in [6.45, 7) is 3.88. The Kier molecular flexibility index (Phi) is 9.96. The van der Waals surface area contributed by atoms with Gasteiger partial charge in [-0.05, 0) is 59.3 Å². The number of hydrogen-bond donors (Lipinski definition) is 0. The van der Waals surface area contributed by atoms with Gasteiger partial charge in [-0.3, -0.25) is 9.69 Å². The van der Waals surface area contributed by atoms with Crippen LogP contribution in [0.1, 0.15) is 45.6 Å². The van der Waals surface area contributed by atoms with Gasteiger partial charge in [-0.2, -0.15) is 0 Å². The third-order valence-electron chi connectivity index (χ3n) is 10.0. The van der Waals surface area contributed by atoms with Crippen molar-refractivity contribution in [2.24, 2.45) is 0 Å². The minimum absolute atomic E-state index is 0.114. The Hall–Kier alpha value is -5.04. The van der Waals surface area contributed by atoms with Crippen LogP contribution in [0.2, 0.25) is 0 Å². The van der Waals surface area contributed by atoms with Crippen molar-refractivity contribution in [3.63, 3.8) is 0 Å². The summed E-state index contributed by atoms with van der Waals surface area (Å²) >= 11 is 0. The maximum absolute atomic E-state index is 13.8. The van der Waals surface area contributed by atoms with Crippen LogP contribution in [0.4, 0.5) is 0 Å². The van der Waals surface area contributed by atoms with Gasteiger partial charge in [0.2, 0.25) is 0 Å². The lowest BCUT2D eigenvalue weighted by molar-refractivity contribution is 0.0393. The van der Waals surface area contributed by atoms with Crippen LogP contribution in [-0.2, 0) is 16.7 Å². The van der Waals surface area contributed by atoms with Crippen LogP contribution in [0, 0.1) is 0 Å².